The number of carbonyl (C=O) groups is 2. The Hall–Kier alpha value is -2.53. The van der Waals surface area contributed by atoms with Gasteiger partial charge in [-0.3, -0.25) is 4.79 Å². The number of rotatable bonds is 8. The van der Waals surface area contributed by atoms with Gasteiger partial charge >= 0.3 is 5.97 Å². The van der Waals surface area contributed by atoms with Crippen molar-refractivity contribution in [3.05, 3.63) is 64.2 Å². The van der Waals surface area contributed by atoms with Gasteiger partial charge in [0.25, 0.3) is 5.91 Å². The smallest absolute Gasteiger partial charge is 0.328 e. The topological polar surface area (TPSA) is 55.8 Å². The number of ether oxygens (including phenoxy) is 2. The molecule has 0 saturated carbocycles. The molecule has 0 heterocycles. The summed E-state index contributed by atoms with van der Waals surface area (Å²) in [6.07, 6.45) is 0. The molecule has 0 N–H and O–H groups in total. The molecule has 1 amide bonds. The average molecular weight is 404 g/mol. The fourth-order valence-corrected chi connectivity index (χ4v) is 2.94. The Bertz CT molecular complexity index is 800. The molecule has 1 atom stereocenters. The summed E-state index contributed by atoms with van der Waals surface area (Å²) >= 11 is 6.18. The Morgan fingerprint density at radius 2 is 1.71 bits per heavy atom. The number of nitrogens with zero attached hydrogens (tertiary/aromatic N) is 1. The van der Waals surface area contributed by atoms with Crippen LogP contribution < -0.4 is 4.74 Å². The van der Waals surface area contributed by atoms with E-state index in [1.54, 1.807) is 26.0 Å². The van der Waals surface area contributed by atoms with Crippen molar-refractivity contribution in [2.24, 2.45) is 0 Å². The second-order valence-corrected chi connectivity index (χ2v) is 6.97. The van der Waals surface area contributed by atoms with Gasteiger partial charge in [0, 0.05) is 11.6 Å². The SMILES string of the molecule is CCOC(=O)C(C)N(Cc1ccccc1)C(=O)COc1cc(C)c(Cl)c(C)c1. The van der Waals surface area contributed by atoms with E-state index >= 15 is 0 Å². The van der Waals surface area contributed by atoms with Crippen LogP contribution in [-0.4, -0.2) is 36.0 Å². The van der Waals surface area contributed by atoms with Crippen LogP contribution >= 0.6 is 11.6 Å². The standard InChI is InChI=1S/C22H26ClNO4/c1-5-27-22(26)17(4)24(13-18-9-7-6-8-10-18)20(25)14-28-19-11-15(2)21(23)16(3)12-19/h6-12,17H,5,13-14H2,1-4H3. The van der Waals surface area contributed by atoms with Crippen LogP contribution in [-0.2, 0) is 20.9 Å². The monoisotopic (exact) mass is 403 g/mol. The molecule has 0 aliphatic heterocycles. The van der Waals surface area contributed by atoms with E-state index in [4.69, 9.17) is 21.1 Å². The molecule has 6 heteroatoms. The number of hydrogen-bond donors (Lipinski definition) is 0. The third kappa shape index (κ3) is 5.73. The first kappa shape index (κ1) is 21.8. The Labute approximate surface area is 171 Å². The maximum absolute atomic E-state index is 12.9. The molecule has 0 fully saturated rings. The van der Waals surface area contributed by atoms with Crippen LogP contribution in [0, 0.1) is 13.8 Å². The van der Waals surface area contributed by atoms with Crippen LogP contribution in [0.3, 0.4) is 0 Å². The predicted octanol–water partition coefficient (Wildman–Crippen LogP) is 4.32. The number of esters is 1. The van der Waals surface area contributed by atoms with Gasteiger partial charge in [-0.1, -0.05) is 41.9 Å². The molecule has 0 spiro atoms. The Balaban J connectivity index is 2.14. The first-order chi connectivity index (χ1) is 13.3. The number of carbonyl (C=O) groups excluding carboxylic acids is 2. The summed E-state index contributed by atoms with van der Waals surface area (Å²) in [6.45, 7) is 7.54. The van der Waals surface area contributed by atoms with Gasteiger partial charge in [-0.05, 0) is 56.5 Å². The minimum Gasteiger partial charge on any atom is -0.484 e. The van der Waals surface area contributed by atoms with E-state index in [9.17, 15) is 9.59 Å². The lowest BCUT2D eigenvalue weighted by molar-refractivity contribution is -0.155. The summed E-state index contributed by atoms with van der Waals surface area (Å²) in [5.41, 5.74) is 2.68. The van der Waals surface area contributed by atoms with Crippen LogP contribution in [0.1, 0.15) is 30.5 Å². The lowest BCUT2D eigenvalue weighted by Crippen LogP contribution is -2.45. The molecule has 0 aliphatic rings. The van der Waals surface area contributed by atoms with Crippen molar-refractivity contribution in [1.29, 1.82) is 0 Å². The summed E-state index contributed by atoms with van der Waals surface area (Å²) in [7, 11) is 0. The zero-order chi connectivity index (χ0) is 20.7. The first-order valence-corrected chi connectivity index (χ1v) is 9.60. The molecule has 0 aromatic heterocycles. The van der Waals surface area contributed by atoms with E-state index in [-0.39, 0.29) is 19.1 Å². The van der Waals surface area contributed by atoms with E-state index in [2.05, 4.69) is 0 Å². The maximum Gasteiger partial charge on any atom is 0.328 e. The molecule has 0 saturated heterocycles. The Kier molecular flexibility index (Phi) is 7.88. The van der Waals surface area contributed by atoms with Gasteiger partial charge in [0.2, 0.25) is 0 Å². The van der Waals surface area contributed by atoms with Crippen molar-refractivity contribution < 1.29 is 19.1 Å². The second-order valence-electron chi connectivity index (χ2n) is 6.59. The quantitative estimate of drug-likeness (QED) is 0.616. The lowest BCUT2D eigenvalue weighted by Gasteiger charge is -2.28. The number of benzene rings is 2. The first-order valence-electron chi connectivity index (χ1n) is 9.23. The van der Waals surface area contributed by atoms with Crippen molar-refractivity contribution in [3.63, 3.8) is 0 Å². The summed E-state index contributed by atoms with van der Waals surface area (Å²) in [4.78, 5) is 26.6. The minimum atomic E-state index is -0.718. The molecule has 28 heavy (non-hydrogen) atoms. The van der Waals surface area contributed by atoms with Crippen LogP contribution in [0.25, 0.3) is 0 Å². The van der Waals surface area contributed by atoms with Crippen LogP contribution in [0.5, 0.6) is 5.75 Å². The maximum atomic E-state index is 12.9. The summed E-state index contributed by atoms with van der Waals surface area (Å²) in [5.74, 6) is -0.171. The van der Waals surface area contributed by atoms with Gasteiger partial charge in [-0.25, -0.2) is 4.79 Å². The number of hydrogen-bond acceptors (Lipinski definition) is 4. The molecular formula is C22H26ClNO4. The molecule has 2 rings (SSSR count). The largest absolute Gasteiger partial charge is 0.484 e. The zero-order valence-corrected chi connectivity index (χ0v) is 17.5. The van der Waals surface area contributed by atoms with Gasteiger partial charge in [0.1, 0.15) is 11.8 Å². The Morgan fingerprint density at radius 3 is 2.29 bits per heavy atom. The van der Waals surface area contributed by atoms with Crippen molar-refractivity contribution in [2.75, 3.05) is 13.2 Å². The molecule has 0 bridgehead atoms. The fraction of sp³-hybridized carbons (Fsp3) is 0.364. The molecule has 0 radical (unpaired) electrons. The van der Waals surface area contributed by atoms with E-state index in [1.807, 2.05) is 44.2 Å². The highest BCUT2D eigenvalue weighted by molar-refractivity contribution is 6.32. The highest BCUT2D eigenvalue weighted by atomic mass is 35.5. The summed E-state index contributed by atoms with van der Waals surface area (Å²) in [6, 6.07) is 12.4. The number of halogens is 1. The van der Waals surface area contributed by atoms with Gasteiger partial charge in [-0.15, -0.1) is 0 Å². The van der Waals surface area contributed by atoms with Crippen molar-refractivity contribution in [3.8, 4) is 5.75 Å². The van der Waals surface area contributed by atoms with Crippen LogP contribution in [0.2, 0.25) is 5.02 Å². The highest BCUT2D eigenvalue weighted by Crippen LogP contribution is 2.26. The Morgan fingerprint density at radius 1 is 1.11 bits per heavy atom. The molecular weight excluding hydrogens is 378 g/mol. The van der Waals surface area contributed by atoms with Crippen molar-refractivity contribution >= 4 is 23.5 Å². The fourth-order valence-electron chi connectivity index (χ4n) is 2.83. The predicted molar refractivity (Wildman–Crippen MR) is 110 cm³/mol. The summed E-state index contributed by atoms with van der Waals surface area (Å²) in [5, 5.41) is 0.681. The highest BCUT2D eigenvalue weighted by Gasteiger charge is 2.27. The molecule has 150 valence electrons. The number of amides is 1. The zero-order valence-electron chi connectivity index (χ0n) is 16.7. The van der Waals surface area contributed by atoms with Gasteiger partial charge in [-0.2, -0.15) is 0 Å². The third-order valence-electron chi connectivity index (χ3n) is 4.38. The van der Waals surface area contributed by atoms with Gasteiger partial charge in [0.05, 0.1) is 6.61 Å². The van der Waals surface area contributed by atoms with E-state index in [0.29, 0.717) is 17.3 Å². The normalized spacial score (nSPS) is 11.6. The molecule has 1 unspecified atom stereocenters. The van der Waals surface area contributed by atoms with E-state index in [1.165, 1.54) is 4.90 Å². The van der Waals surface area contributed by atoms with Crippen LogP contribution in [0.15, 0.2) is 42.5 Å². The third-order valence-corrected chi connectivity index (χ3v) is 4.98. The molecule has 5 nitrogen and oxygen atoms in total. The summed E-state index contributed by atoms with van der Waals surface area (Å²) < 4.78 is 10.8. The van der Waals surface area contributed by atoms with Gasteiger partial charge < -0.3 is 14.4 Å². The minimum absolute atomic E-state index is 0.183. The second kappa shape index (κ2) is 10.1. The number of aryl methyl sites for hydroxylation is 2. The van der Waals surface area contributed by atoms with Crippen LogP contribution in [0.4, 0.5) is 0 Å². The average Bonchev–Trinajstić information content (AvgIpc) is 2.68. The van der Waals surface area contributed by atoms with Crippen molar-refractivity contribution in [1.82, 2.24) is 4.90 Å². The van der Waals surface area contributed by atoms with Gasteiger partial charge in [0.15, 0.2) is 6.61 Å². The molecule has 0 aliphatic carbocycles. The molecule has 2 aromatic carbocycles. The van der Waals surface area contributed by atoms with E-state index < -0.39 is 12.0 Å². The van der Waals surface area contributed by atoms with E-state index in [0.717, 1.165) is 16.7 Å². The van der Waals surface area contributed by atoms with Crippen molar-refractivity contribution in [2.45, 2.75) is 40.3 Å². The lowest BCUT2D eigenvalue weighted by atomic mass is 10.1. The molecule has 2 aromatic rings.